The Labute approximate surface area is 174 Å². The van der Waals surface area contributed by atoms with Crippen molar-refractivity contribution in [1.29, 1.82) is 0 Å². The first-order chi connectivity index (χ1) is 14.5. The van der Waals surface area contributed by atoms with Crippen LogP contribution >= 0.6 is 0 Å². The van der Waals surface area contributed by atoms with Crippen molar-refractivity contribution in [3.8, 4) is 17.2 Å². The van der Waals surface area contributed by atoms with E-state index in [4.69, 9.17) is 9.15 Å². The first kappa shape index (κ1) is 20.1. The number of hydrogen-bond donors (Lipinski definition) is 0. The molecule has 0 saturated carbocycles. The van der Waals surface area contributed by atoms with Gasteiger partial charge in [0.1, 0.15) is 17.3 Å². The third kappa shape index (κ3) is 4.36. The zero-order valence-electron chi connectivity index (χ0n) is 17.1. The van der Waals surface area contributed by atoms with E-state index in [2.05, 4.69) is 9.88 Å². The summed E-state index contributed by atoms with van der Waals surface area (Å²) in [5.41, 5.74) is 2.40. The number of oxazole rings is 1. The summed E-state index contributed by atoms with van der Waals surface area (Å²) in [4.78, 5) is 21.1. The number of rotatable bonds is 6. The standard InChI is InChI=1S/C23H24FN3O3/c1-16-20(25-23(30-16)19-8-3-4-9-21(19)29-2)14-26-10-11-27(22(28)15-26)13-17-6-5-7-18(24)12-17/h3-9,12H,10-11,13-15H2,1-2H3. The number of nitrogens with zero attached hydrogens (tertiary/aromatic N) is 3. The number of methoxy groups -OCH3 is 1. The minimum Gasteiger partial charge on any atom is -0.496 e. The molecule has 0 radical (unpaired) electrons. The van der Waals surface area contributed by atoms with Crippen LogP contribution in [-0.2, 0) is 17.9 Å². The number of benzene rings is 2. The van der Waals surface area contributed by atoms with Gasteiger partial charge in [0.2, 0.25) is 11.8 Å². The largest absolute Gasteiger partial charge is 0.496 e. The molecule has 0 unspecified atom stereocenters. The maximum Gasteiger partial charge on any atom is 0.237 e. The molecular weight excluding hydrogens is 385 g/mol. The van der Waals surface area contributed by atoms with Crippen molar-refractivity contribution in [1.82, 2.24) is 14.8 Å². The van der Waals surface area contributed by atoms with Crippen LogP contribution in [0.5, 0.6) is 5.75 Å². The van der Waals surface area contributed by atoms with Gasteiger partial charge in [0.25, 0.3) is 0 Å². The molecule has 0 atom stereocenters. The van der Waals surface area contributed by atoms with Gasteiger partial charge in [-0.25, -0.2) is 9.37 Å². The second-order valence-corrected chi connectivity index (χ2v) is 7.38. The summed E-state index contributed by atoms with van der Waals surface area (Å²) in [5, 5.41) is 0. The molecule has 156 valence electrons. The molecule has 3 aromatic rings. The van der Waals surface area contributed by atoms with Gasteiger partial charge in [-0.3, -0.25) is 9.69 Å². The first-order valence-electron chi connectivity index (χ1n) is 9.88. The molecule has 4 rings (SSSR count). The van der Waals surface area contributed by atoms with Crippen molar-refractivity contribution in [3.63, 3.8) is 0 Å². The Kier molecular flexibility index (Phi) is 5.81. The van der Waals surface area contributed by atoms with Crippen LogP contribution in [0, 0.1) is 12.7 Å². The quantitative estimate of drug-likeness (QED) is 0.622. The second-order valence-electron chi connectivity index (χ2n) is 7.38. The number of amides is 1. The monoisotopic (exact) mass is 409 g/mol. The molecule has 6 nitrogen and oxygen atoms in total. The molecule has 1 aromatic heterocycles. The molecule has 1 saturated heterocycles. The van der Waals surface area contributed by atoms with E-state index < -0.39 is 0 Å². The number of carbonyl (C=O) groups excluding carboxylic acids is 1. The molecule has 1 fully saturated rings. The lowest BCUT2D eigenvalue weighted by atomic mass is 10.2. The zero-order chi connectivity index (χ0) is 21.1. The van der Waals surface area contributed by atoms with Crippen LogP contribution in [0.3, 0.4) is 0 Å². The lowest BCUT2D eigenvalue weighted by Crippen LogP contribution is -2.49. The minimum absolute atomic E-state index is 0.0246. The molecule has 7 heteroatoms. The third-order valence-corrected chi connectivity index (χ3v) is 5.26. The van der Waals surface area contributed by atoms with Crippen LogP contribution in [0.2, 0.25) is 0 Å². The summed E-state index contributed by atoms with van der Waals surface area (Å²) >= 11 is 0. The van der Waals surface area contributed by atoms with Crippen molar-refractivity contribution in [2.45, 2.75) is 20.0 Å². The van der Waals surface area contributed by atoms with Crippen LogP contribution in [0.15, 0.2) is 52.9 Å². The van der Waals surface area contributed by atoms with Crippen molar-refractivity contribution < 1.29 is 18.3 Å². The Morgan fingerprint density at radius 3 is 2.73 bits per heavy atom. The number of ether oxygens (including phenoxy) is 1. The van der Waals surface area contributed by atoms with Crippen LogP contribution in [0.1, 0.15) is 17.0 Å². The lowest BCUT2D eigenvalue weighted by molar-refractivity contribution is -0.136. The van der Waals surface area contributed by atoms with Crippen LogP contribution in [0.25, 0.3) is 11.5 Å². The molecule has 30 heavy (non-hydrogen) atoms. The maximum absolute atomic E-state index is 13.4. The third-order valence-electron chi connectivity index (χ3n) is 5.26. The predicted octanol–water partition coefficient (Wildman–Crippen LogP) is 3.64. The SMILES string of the molecule is COc1ccccc1-c1nc(CN2CCN(Cc3cccc(F)c3)C(=O)C2)c(C)o1. The first-order valence-corrected chi connectivity index (χ1v) is 9.88. The average molecular weight is 409 g/mol. The summed E-state index contributed by atoms with van der Waals surface area (Å²) < 4.78 is 24.7. The van der Waals surface area contributed by atoms with Gasteiger partial charge in [-0.15, -0.1) is 0 Å². The number of hydrogen-bond acceptors (Lipinski definition) is 5. The lowest BCUT2D eigenvalue weighted by Gasteiger charge is -2.34. The Morgan fingerprint density at radius 1 is 1.13 bits per heavy atom. The maximum atomic E-state index is 13.4. The number of carbonyl (C=O) groups is 1. The molecule has 0 bridgehead atoms. The molecule has 2 aromatic carbocycles. The molecule has 2 heterocycles. The van der Waals surface area contributed by atoms with E-state index in [1.54, 1.807) is 18.1 Å². The van der Waals surface area contributed by atoms with Crippen LogP contribution in [0.4, 0.5) is 4.39 Å². The summed E-state index contributed by atoms with van der Waals surface area (Å²) in [6.07, 6.45) is 0. The van der Waals surface area contributed by atoms with Gasteiger partial charge in [0.15, 0.2) is 0 Å². The Hall–Kier alpha value is -3.19. The fraction of sp³-hybridized carbons (Fsp3) is 0.304. The Bertz CT molecular complexity index is 1050. The number of aryl methyl sites for hydroxylation is 1. The summed E-state index contributed by atoms with van der Waals surface area (Å²) in [5.74, 6) is 1.68. The van der Waals surface area contributed by atoms with Gasteiger partial charge in [0.05, 0.1) is 24.9 Å². The van der Waals surface area contributed by atoms with E-state index in [1.165, 1.54) is 12.1 Å². The Balaban J connectivity index is 1.41. The van der Waals surface area contributed by atoms with Gasteiger partial charge in [0, 0.05) is 26.2 Å². The van der Waals surface area contributed by atoms with Crippen molar-refractivity contribution in [3.05, 3.63) is 71.4 Å². The molecule has 1 aliphatic rings. The van der Waals surface area contributed by atoms with Crippen molar-refractivity contribution >= 4 is 5.91 Å². The van der Waals surface area contributed by atoms with E-state index >= 15 is 0 Å². The number of piperazine rings is 1. The van der Waals surface area contributed by atoms with Crippen molar-refractivity contribution in [2.24, 2.45) is 0 Å². The highest BCUT2D eigenvalue weighted by Crippen LogP contribution is 2.30. The summed E-state index contributed by atoms with van der Waals surface area (Å²) in [6, 6.07) is 14.0. The molecule has 0 aliphatic carbocycles. The molecular formula is C23H24FN3O3. The second kappa shape index (κ2) is 8.67. The van der Waals surface area contributed by atoms with Crippen LogP contribution in [-0.4, -0.2) is 47.4 Å². The summed E-state index contributed by atoms with van der Waals surface area (Å²) in [6.45, 7) is 4.44. The van der Waals surface area contributed by atoms with E-state index in [-0.39, 0.29) is 11.7 Å². The van der Waals surface area contributed by atoms with Crippen LogP contribution < -0.4 is 4.74 Å². The topological polar surface area (TPSA) is 58.8 Å². The van der Waals surface area contributed by atoms with Gasteiger partial charge < -0.3 is 14.1 Å². The Morgan fingerprint density at radius 2 is 1.97 bits per heavy atom. The van der Waals surface area contributed by atoms with Gasteiger partial charge in [-0.1, -0.05) is 24.3 Å². The highest BCUT2D eigenvalue weighted by molar-refractivity contribution is 5.79. The molecule has 0 spiro atoms. The van der Waals surface area contributed by atoms with E-state index in [0.717, 1.165) is 29.1 Å². The van der Waals surface area contributed by atoms with Gasteiger partial charge in [-0.2, -0.15) is 0 Å². The highest BCUT2D eigenvalue weighted by Gasteiger charge is 2.26. The fourth-order valence-electron chi connectivity index (χ4n) is 3.64. The number of para-hydroxylation sites is 1. The molecule has 0 N–H and O–H groups in total. The zero-order valence-corrected chi connectivity index (χ0v) is 17.1. The van der Waals surface area contributed by atoms with Crippen molar-refractivity contribution in [2.75, 3.05) is 26.7 Å². The minimum atomic E-state index is -0.286. The van der Waals surface area contributed by atoms with Gasteiger partial charge >= 0.3 is 0 Å². The number of halogens is 1. The highest BCUT2D eigenvalue weighted by atomic mass is 19.1. The van der Waals surface area contributed by atoms with E-state index in [9.17, 15) is 9.18 Å². The molecule has 1 aliphatic heterocycles. The summed E-state index contributed by atoms with van der Waals surface area (Å²) in [7, 11) is 1.62. The smallest absolute Gasteiger partial charge is 0.237 e. The van der Waals surface area contributed by atoms with Gasteiger partial charge in [-0.05, 0) is 36.8 Å². The van der Waals surface area contributed by atoms with E-state index in [0.29, 0.717) is 37.8 Å². The normalized spacial score (nSPS) is 14.9. The fourth-order valence-corrected chi connectivity index (χ4v) is 3.64. The van der Waals surface area contributed by atoms with E-state index in [1.807, 2.05) is 37.3 Å². The number of aromatic nitrogens is 1. The predicted molar refractivity (Wildman–Crippen MR) is 110 cm³/mol. The molecule has 1 amide bonds. The average Bonchev–Trinajstić information content (AvgIpc) is 3.10.